The molecular weight excluding hydrogens is 415 g/mol. The second-order valence-electron chi connectivity index (χ2n) is 8.99. The van der Waals surface area contributed by atoms with Gasteiger partial charge in [0.2, 0.25) is 5.91 Å². The minimum absolute atomic E-state index is 0.0416. The Morgan fingerprint density at radius 3 is 2.45 bits per heavy atom. The van der Waals surface area contributed by atoms with Crippen molar-refractivity contribution in [1.29, 1.82) is 0 Å². The van der Waals surface area contributed by atoms with Gasteiger partial charge in [-0.2, -0.15) is 23.3 Å². The number of nitrogens with zero attached hydrogens (tertiary/aromatic N) is 3. The second kappa shape index (κ2) is 7.89. The monoisotopic (exact) mass is 441 g/mol. The molecule has 7 nitrogen and oxygen atoms in total. The van der Waals surface area contributed by atoms with E-state index in [1.165, 1.54) is 24.3 Å². The van der Waals surface area contributed by atoms with Gasteiger partial charge in [-0.1, -0.05) is 39.3 Å². The Morgan fingerprint density at radius 1 is 1.32 bits per heavy atom. The first-order valence-electron chi connectivity index (χ1n) is 10.2. The summed E-state index contributed by atoms with van der Waals surface area (Å²) in [5.41, 5.74) is -3.31. The van der Waals surface area contributed by atoms with E-state index in [-0.39, 0.29) is 34.2 Å². The van der Waals surface area contributed by atoms with Crippen molar-refractivity contribution in [3.63, 3.8) is 0 Å². The molecule has 0 bridgehead atoms. The molecule has 1 aliphatic heterocycles. The highest BCUT2D eigenvalue weighted by atomic mass is 19.4. The third kappa shape index (κ3) is 4.05. The number of non-ortho nitro benzene ring substituents is 1. The molecule has 0 aromatic heterocycles. The first-order valence-corrected chi connectivity index (χ1v) is 10.2. The largest absolute Gasteiger partial charge is 0.439 e. The quantitative estimate of drug-likeness (QED) is 0.540. The number of hydrazone groups is 1. The van der Waals surface area contributed by atoms with E-state index in [9.17, 15) is 33.2 Å². The summed E-state index contributed by atoms with van der Waals surface area (Å²) in [4.78, 5) is 22.9. The first-order chi connectivity index (χ1) is 14.3. The Hall–Kier alpha value is -2.49. The minimum atomic E-state index is -5.09. The van der Waals surface area contributed by atoms with Crippen molar-refractivity contribution in [2.75, 3.05) is 0 Å². The number of fused-ring (bicyclic) bond motifs is 1. The molecule has 1 saturated carbocycles. The fourth-order valence-electron chi connectivity index (χ4n) is 4.45. The van der Waals surface area contributed by atoms with Crippen LogP contribution in [0.2, 0.25) is 0 Å². The average Bonchev–Trinajstić information content (AvgIpc) is 3.02. The highest BCUT2D eigenvalue weighted by Gasteiger charge is 2.69. The number of rotatable bonds is 5. The van der Waals surface area contributed by atoms with Crippen LogP contribution in [0.25, 0.3) is 0 Å². The summed E-state index contributed by atoms with van der Waals surface area (Å²) in [7, 11) is 0. The summed E-state index contributed by atoms with van der Waals surface area (Å²) in [6.45, 7) is 5.98. The Balaban J connectivity index is 1.88. The van der Waals surface area contributed by atoms with Gasteiger partial charge in [0.05, 0.1) is 17.3 Å². The maximum absolute atomic E-state index is 14.1. The van der Waals surface area contributed by atoms with Gasteiger partial charge in [0.25, 0.3) is 11.4 Å². The fraction of sp³-hybridized carbons (Fsp3) is 0.619. The summed E-state index contributed by atoms with van der Waals surface area (Å²) in [6.07, 6.45) is -3.75. The number of hydrogen-bond donors (Lipinski definition) is 1. The van der Waals surface area contributed by atoms with Gasteiger partial charge in [0.15, 0.2) is 0 Å². The molecule has 0 radical (unpaired) electrons. The Kier molecular flexibility index (Phi) is 5.90. The summed E-state index contributed by atoms with van der Waals surface area (Å²) < 4.78 is 42.4. The van der Waals surface area contributed by atoms with Crippen molar-refractivity contribution in [1.82, 2.24) is 5.01 Å². The van der Waals surface area contributed by atoms with E-state index in [1.807, 2.05) is 20.8 Å². The van der Waals surface area contributed by atoms with Crippen molar-refractivity contribution < 1.29 is 28.0 Å². The molecule has 10 heteroatoms. The van der Waals surface area contributed by atoms with Crippen molar-refractivity contribution in [3.05, 3.63) is 39.9 Å². The van der Waals surface area contributed by atoms with E-state index >= 15 is 0 Å². The van der Waals surface area contributed by atoms with E-state index in [0.717, 1.165) is 6.42 Å². The highest BCUT2D eigenvalue weighted by molar-refractivity contribution is 5.93. The Bertz CT molecular complexity index is 898. The Labute approximate surface area is 178 Å². The van der Waals surface area contributed by atoms with E-state index < -0.39 is 35.1 Å². The zero-order chi connectivity index (χ0) is 23.2. The third-order valence-corrected chi connectivity index (χ3v) is 6.88. The lowest BCUT2D eigenvalue weighted by Crippen LogP contribution is -2.62. The summed E-state index contributed by atoms with van der Waals surface area (Å²) >= 11 is 0. The summed E-state index contributed by atoms with van der Waals surface area (Å²) in [5.74, 6) is -2.36. The molecule has 0 unspecified atom stereocenters. The lowest BCUT2D eigenvalue weighted by molar-refractivity contribution is -0.384. The number of nitro benzene ring substituents is 1. The number of amides is 1. The predicted octanol–water partition coefficient (Wildman–Crippen LogP) is 4.44. The van der Waals surface area contributed by atoms with Crippen LogP contribution in [-0.4, -0.2) is 38.6 Å². The van der Waals surface area contributed by atoms with E-state index in [2.05, 4.69) is 5.10 Å². The van der Waals surface area contributed by atoms with Crippen molar-refractivity contribution in [3.8, 4) is 0 Å². The zero-order valence-electron chi connectivity index (χ0n) is 17.6. The molecule has 170 valence electrons. The highest BCUT2D eigenvalue weighted by Crippen LogP contribution is 2.52. The van der Waals surface area contributed by atoms with Crippen LogP contribution < -0.4 is 0 Å². The van der Waals surface area contributed by atoms with Gasteiger partial charge in [-0.15, -0.1) is 0 Å². The molecule has 1 aromatic rings. The predicted molar refractivity (Wildman–Crippen MR) is 107 cm³/mol. The standard InChI is InChI=1S/C21H26F3N3O4/c1-4-19(2,3)14-7-10-17-16(12-14)20(29,21(22,23)24)26(25-17)18(28)11-13-5-8-15(9-6-13)27(30)31/h5-6,8-9,14,16,29H,4,7,10-12H2,1-3H3/t14-,16+,20-/m1/s1. The molecule has 2 aliphatic rings. The van der Waals surface area contributed by atoms with Gasteiger partial charge in [-0.05, 0) is 36.2 Å². The molecule has 1 aliphatic carbocycles. The lowest BCUT2D eigenvalue weighted by Gasteiger charge is -2.43. The van der Waals surface area contributed by atoms with Crippen LogP contribution in [0.1, 0.15) is 52.0 Å². The number of benzene rings is 1. The average molecular weight is 441 g/mol. The van der Waals surface area contributed by atoms with Gasteiger partial charge in [-0.25, -0.2) is 0 Å². The van der Waals surface area contributed by atoms with E-state index in [1.54, 1.807) is 0 Å². The van der Waals surface area contributed by atoms with Crippen LogP contribution in [0.4, 0.5) is 18.9 Å². The third-order valence-electron chi connectivity index (χ3n) is 6.88. The summed E-state index contributed by atoms with van der Waals surface area (Å²) in [5, 5.41) is 25.8. The normalized spacial score (nSPS) is 26.4. The lowest BCUT2D eigenvalue weighted by atomic mass is 9.64. The number of nitro groups is 1. The molecule has 3 atom stereocenters. The second-order valence-corrected chi connectivity index (χ2v) is 8.99. The number of halogens is 3. The van der Waals surface area contributed by atoms with Gasteiger partial charge in [-0.3, -0.25) is 14.9 Å². The first kappa shape index (κ1) is 23.2. The smallest absolute Gasteiger partial charge is 0.362 e. The van der Waals surface area contributed by atoms with Crippen LogP contribution in [-0.2, 0) is 11.2 Å². The number of carbonyl (C=O) groups is 1. The minimum Gasteiger partial charge on any atom is -0.362 e. The zero-order valence-corrected chi connectivity index (χ0v) is 17.6. The van der Waals surface area contributed by atoms with Gasteiger partial charge >= 0.3 is 6.18 Å². The topological polar surface area (TPSA) is 96.0 Å². The molecule has 0 spiro atoms. The molecular formula is C21H26F3N3O4. The maximum Gasteiger partial charge on any atom is 0.439 e. The van der Waals surface area contributed by atoms with Crippen molar-refractivity contribution in [2.24, 2.45) is 22.4 Å². The molecule has 1 amide bonds. The molecule has 1 N–H and O–H groups in total. The van der Waals surface area contributed by atoms with Crippen LogP contribution in [0.5, 0.6) is 0 Å². The van der Waals surface area contributed by atoms with Crippen molar-refractivity contribution in [2.45, 2.75) is 64.8 Å². The number of carbonyl (C=O) groups excluding carboxylic acids is 1. The molecule has 31 heavy (non-hydrogen) atoms. The molecule has 0 saturated heterocycles. The fourth-order valence-corrected chi connectivity index (χ4v) is 4.45. The van der Waals surface area contributed by atoms with Crippen LogP contribution >= 0.6 is 0 Å². The Morgan fingerprint density at radius 2 is 1.94 bits per heavy atom. The van der Waals surface area contributed by atoms with Gasteiger partial charge < -0.3 is 5.11 Å². The van der Waals surface area contributed by atoms with E-state index in [0.29, 0.717) is 18.4 Å². The summed E-state index contributed by atoms with van der Waals surface area (Å²) in [6, 6.07) is 4.95. The molecule has 1 fully saturated rings. The van der Waals surface area contributed by atoms with E-state index in [4.69, 9.17) is 0 Å². The van der Waals surface area contributed by atoms with Crippen LogP contribution in [0, 0.1) is 27.4 Å². The SMILES string of the molecule is CCC(C)(C)[C@@H]1CCC2=NN(C(=O)Cc3ccc([N+](=O)[O-])cc3)[C@](O)(C(F)(F)F)[C@H]2C1. The number of hydrogen-bond acceptors (Lipinski definition) is 5. The van der Waals surface area contributed by atoms with Crippen LogP contribution in [0.15, 0.2) is 29.4 Å². The van der Waals surface area contributed by atoms with Crippen LogP contribution in [0.3, 0.4) is 0 Å². The maximum atomic E-state index is 14.1. The molecule has 1 heterocycles. The molecule has 1 aromatic carbocycles. The van der Waals surface area contributed by atoms with Crippen molar-refractivity contribution >= 4 is 17.3 Å². The molecule has 3 rings (SSSR count). The number of aliphatic hydroxyl groups is 1. The number of alkyl halides is 3. The van der Waals surface area contributed by atoms with Gasteiger partial charge in [0, 0.05) is 17.8 Å². The van der Waals surface area contributed by atoms with Gasteiger partial charge in [0.1, 0.15) is 0 Å².